The van der Waals surface area contributed by atoms with E-state index in [0.717, 1.165) is 0 Å². The monoisotopic (exact) mass is 227 g/mol. The van der Waals surface area contributed by atoms with E-state index in [2.05, 4.69) is 0 Å². The van der Waals surface area contributed by atoms with E-state index in [1.165, 1.54) is 26.1 Å². The molecule has 0 rings (SSSR count). The summed E-state index contributed by atoms with van der Waals surface area (Å²) >= 11 is 0. The van der Waals surface area contributed by atoms with E-state index in [9.17, 15) is 22.8 Å². The largest absolute Gasteiger partial charge is 0.480 e. The third-order valence-corrected chi connectivity index (χ3v) is 1.65. The second kappa shape index (κ2) is 4.08. The molecule has 0 aromatic rings. The molecule has 0 radical (unpaired) electrons. The van der Waals surface area contributed by atoms with Gasteiger partial charge in [-0.2, -0.15) is 13.2 Å². The second-order valence-corrected chi connectivity index (χ2v) is 4.11. The number of halogens is 3. The van der Waals surface area contributed by atoms with Crippen molar-refractivity contribution in [3.8, 4) is 0 Å². The minimum absolute atomic E-state index is 0.993. The smallest absolute Gasteiger partial charge is 0.471 e. The van der Waals surface area contributed by atoms with Crippen molar-refractivity contribution < 1.29 is 27.9 Å². The molecule has 1 atom stereocenters. The molecule has 1 amide bonds. The van der Waals surface area contributed by atoms with E-state index in [1.807, 2.05) is 0 Å². The molecular formula is C8H12F3NO3. The highest BCUT2D eigenvalue weighted by atomic mass is 19.4. The molecule has 0 aliphatic heterocycles. The first-order valence-electron chi connectivity index (χ1n) is 4.06. The van der Waals surface area contributed by atoms with Crippen LogP contribution in [0.1, 0.15) is 20.8 Å². The van der Waals surface area contributed by atoms with Crippen LogP contribution in [-0.4, -0.2) is 29.2 Å². The summed E-state index contributed by atoms with van der Waals surface area (Å²) in [7, 11) is 0. The minimum atomic E-state index is -5.07. The van der Waals surface area contributed by atoms with Gasteiger partial charge in [0.15, 0.2) is 0 Å². The summed E-state index contributed by atoms with van der Waals surface area (Å²) in [5.74, 6) is -3.75. The molecular weight excluding hydrogens is 215 g/mol. The van der Waals surface area contributed by atoms with Gasteiger partial charge in [-0.1, -0.05) is 20.8 Å². The second-order valence-electron chi connectivity index (χ2n) is 4.11. The van der Waals surface area contributed by atoms with Crippen LogP contribution in [0.4, 0.5) is 13.2 Å². The molecule has 0 aromatic heterocycles. The van der Waals surface area contributed by atoms with Gasteiger partial charge in [-0.3, -0.25) is 4.79 Å². The van der Waals surface area contributed by atoms with Gasteiger partial charge in [0.2, 0.25) is 0 Å². The molecule has 2 N–H and O–H groups in total. The predicted octanol–water partition coefficient (Wildman–Crippen LogP) is 1.16. The first-order valence-corrected chi connectivity index (χ1v) is 4.06. The highest BCUT2D eigenvalue weighted by Crippen LogP contribution is 2.22. The number of carbonyl (C=O) groups excluding carboxylic acids is 1. The molecule has 7 heteroatoms. The number of rotatable bonds is 2. The van der Waals surface area contributed by atoms with Crippen LogP contribution >= 0.6 is 0 Å². The number of alkyl halides is 3. The minimum Gasteiger partial charge on any atom is -0.480 e. The number of amides is 1. The van der Waals surface area contributed by atoms with Crippen molar-refractivity contribution >= 4 is 11.9 Å². The Hall–Kier alpha value is -1.27. The summed E-state index contributed by atoms with van der Waals surface area (Å²) in [6, 6.07) is -1.58. The van der Waals surface area contributed by atoms with Crippen LogP contribution < -0.4 is 5.32 Å². The number of carboxylic acid groups (broad SMARTS) is 1. The van der Waals surface area contributed by atoms with Gasteiger partial charge in [0, 0.05) is 0 Å². The normalized spacial score (nSPS) is 14.5. The zero-order valence-electron chi connectivity index (χ0n) is 8.47. The highest BCUT2D eigenvalue weighted by molar-refractivity contribution is 5.87. The fraction of sp³-hybridized carbons (Fsp3) is 0.750. The number of carboxylic acids is 1. The van der Waals surface area contributed by atoms with E-state index >= 15 is 0 Å². The number of nitrogens with one attached hydrogen (secondary N) is 1. The van der Waals surface area contributed by atoms with Gasteiger partial charge in [-0.25, -0.2) is 4.79 Å². The quantitative estimate of drug-likeness (QED) is 0.744. The van der Waals surface area contributed by atoms with Gasteiger partial charge < -0.3 is 10.4 Å². The predicted molar refractivity (Wildman–Crippen MR) is 45.1 cm³/mol. The number of carbonyl (C=O) groups is 2. The standard InChI is InChI=1S/C8H12F3NO3/c1-7(2,3)4(5(13)14)12-6(15)8(9,10)11/h4H,1-3H3,(H,12,15)(H,13,14)/t4-/m1/s1. The maximum absolute atomic E-state index is 11.9. The van der Waals surface area contributed by atoms with Gasteiger partial charge in [0.1, 0.15) is 6.04 Å². The van der Waals surface area contributed by atoms with Crippen LogP contribution in [-0.2, 0) is 9.59 Å². The molecule has 0 saturated carbocycles. The van der Waals surface area contributed by atoms with Gasteiger partial charge in [-0.05, 0) is 5.41 Å². The average Bonchev–Trinajstić information content (AvgIpc) is 1.94. The van der Waals surface area contributed by atoms with Crippen LogP contribution in [0.3, 0.4) is 0 Å². The highest BCUT2D eigenvalue weighted by Gasteiger charge is 2.43. The molecule has 88 valence electrons. The fourth-order valence-electron chi connectivity index (χ4n) is 0.862. The van der Waals surface area contributed by atoms with E-state index in [4.69, 9.17) is 5.11 Å². The van der Waals surface area contributed by atoms with Gasteiger partial charge >= 0.3 is 18.1 Å². The molecule has 0 aliphatic rings. The summed E-state index contributed by atoms with van der Waals surface area (Å²) in [4.78, 5) is 21.2. The van der Waals surface area contributed by atoms with Gasteiger partial charge in [0.25, 0.3) is 0 Å². The molecule has 0 saturated heterocycles. The molecule has 15 heavy (non-hydrogen) atoms. The van der Waals surface area contributed by atoms with Crippen molar-refractivity contribution in [2.45, 2.75) is 33.0 Å². The Balaban J connectivity index is 4.74. The van der Waals surface area contributed by atoms with Gasteiger partial charge in [-0.15, -0.1) is 0 Å². The van der Waals surface area contributed by atoms with Crippen molar-refractivity contribution in [2.75, 3.05) is 0 Å². The molecule has 0 aromatic carbocycles. The summed E-state index contributed by atoms with van der Waals surface area (Å²) in [5.41, 5.74) is -0.993. The number of hydrogen-bond donors (Lipinski definition) is 2. The summed E-state index contributed by atoms with van der Waals surface area (Å²) in [6.45, 7) is 4.26. The average molecular weight is 227 g/mol. The molecule has 4 nitrogen and oxygen atoms in total. The molecule has 0 unspecified atom stereocenters. The van der Waals surface area contributed by atoms with E-state index in [1.54, 1.807) is 0 Å². The van der Waals surface area contributed by atoms with Crippen molar-refractivity contribution in [1.82, 2.24) is 5.32 Å². The Kier molecular flexibility index (Phi) is 3.73. The number of aliphatic carboxylic acids is 1. The first-order chi connectivity index (χ1) is 6.46. The SMILES string of the molecule is CC(C)(C)[C@H](NC(=O)C(F)(F)F)C(=O)O. The van der Waals surface area contributed by atoms with Crippen LogP contribution in [0.5, 0.6) is 0 Å². The van der Waals surface area contributed by atoms with Crippen molar-refractivity contribution in [3.05, 3.63) is 0 Å². The summed E-state index contributed by atoms with van der Waals surface area (Å²) in [5, 5.41) is 10.1. The fourth-order valence-corrected chi connectivity index (χ4v) is 0.862. The van der Waals surface area contributed by atoms with Crippen molar-refractivity contribution in [3.63, 3.8) is 0 Å². The van der Waals surface area contributed by atoms with E-state index < -0.39 is 29.5 Å². The first kappa shape index (κ1) is 13.7. The van der Waals surface area contributed by atoms with E-state index in [0.29, 0.717) is 0 Å². The molecule has 0 heterocycles. The van der Waals surface area contributed by atoms with Crippen molar-refractivity contribution in [2.24, 2.45) is 5.41 Å². The van der Waals surface area contributed by atoms with Gasteiger partial charge in [0.05, 0.1) is 0 Å². The van der Waals surface area contributed by atoms with Crippen LogP contribution in [0.15, 0.2) is 0 Å². The van der Waals surface area contributed by atoms with Crippen molar-refractivity contribution in [1.29, 1.82) is 0 Å². The lowest BCUT2D eigenvalue weighted by Crippen LogP contribution is -2.52. The van der Waals surface area contributed by atoms with Crippen LogP contribution in [0.2, 0.25) is 0 Å². The number of hydrogen-bond acceptors (Lipinski definition) is 2. The zero-order chi connectivity index (χ0) is 12.4. The Morgan fingerprint density at radius 1 is 1.20 bits per heavy atom. The molecule has 0 spiro atoms. The van der Waals surface area contributed by atoms with Crippen LogP contribution in [0, 0.1) is 5.41 Å². The lowest BCUT2D eigenvalue weighted by Gasteiger charge is -2.27. The maximum atomic E-state index is 11.9. The third kappa shape index (κ3) is 4.18. The lowest BCUT2D eigenvalue weighted by atomic mass is 9.87. The topological polar surface area (TPSA) is 66.4 Å². The van der Waals surface area contributed by atoms with E-state index in [-0.39, 0.29) is 0 Å². The molecule has 0 fully saturated rings. The Morgan fingerprint density at radius 3 is 1.80 bits per heavy atom. The summed E-state index contributed by atoms with van der Waals surface area (Å²) in [6.07, 6.45) is -5.07. The Morgan fingerprint density at radius 2 is 1.60 bits per heavy atom. The molecule has 0 bridgehead atoms. The van der Waals surface area contributed by atoms with Crippen LogP contribution in [0.25, 0.3) is 0 Å². The maximum Gasteiger partial charge on any atom is 0.471 e. The molecule has 0 aliphatic carbocycles. The Bertz CT molecular complexity index is 267. The Labute approximate surface area is 84.5 Å². The third-order valence-electron chi connectivity index (χ3n) is 1.65. The lowest BCUT2D eigenvalue weighted by molar-refractivity contribution is -0.176. The summed E-state index contributed by atoms with van der Waals surface area (Å²) < 4.78 is 35.6. The zero-order valence-corrected chi connectivity index (χ0v) is 8.47.